The molecule has 2 aromatic rings. The topological polar surface area (TPSA) is 51.0 Å². The van der Waals surface area contributed by atoms with Gasteiger partial charge in [0.25, 0.3) is 0 Å². The Balaban J connectivity index is 1.54. The van der Waals surface area contributed by atoms with Gasteiger partial charge in [0.2, 0.25) is 5.91 Å². The van der Waals surface area contributed by atoms with Gasteiger partial charge >= 0.3 is 0 Å². The number of carbonyl (C=O) groups excluding carboxylic acids is 1. The van der Waals surface area contributed by atoms with E-state index in [2.05, 4.69) is 17.1 Å². The smallest absolute Gasteiger partial charge is 0.236 e. The van der Waals surface area contributed by atoms with Crippen LogP contribution in [-0.4, -0.2) is 43.4 Å². The number of hydrogen-bond donors (Lipinski definition) is 0. The van der Waals surface area contributed by atoms with Crippen LogP contribution in [0, 0.1) is 5.82 Å². The first-order chi connectivity index (χ1) is 14.1. The normalized spacial score (nSPS) is 18.6. The van der Waals surface area contributed by atoms with Gasteiger partial charge in [0.15, 0.2) is 11.0 Å². The molecule has 1 heterocycles. The summed E-state index contributed by atoms with van der Waals surface area (Å²) < 4.78 is 16.4. The summed E-state index contributed by atoms with van der Waals surface area (Å²) in [5, 5.41) is 9.13. The van der Waals surface area contributed by atoms with E-state index in [0.717, 1.165) is 32.2 Å². The van der Waals surface area contributed by atoms with Crippen molar-refractivity contribution in [2.75, 3.05) is 6.54 Å². The number of benzene rings is 1. The lowest BCUT2D eigenvalue weighted by atomic mass is 9.94. The van der Waals surface area contributed by atoms with Crippen molar-refractivity contribution in [1.82, 2.24) is 19.7 Å². The standard InChI is InChI=1S/C22H29FN4OS/c1-3-26(16-9-5-4-6-10-16)21(28)15(2)29-22-25-24-20(27(22)17-13-14-17)18-11-7-8-12-19(18)23/h7-8,11-12,15-17H,3-6,9-10,13-14H2,1-2H3/t15-/m0/s1. The van der Waals surface area contributed by atoms with Crippen LogP contribution in [0.3, 0.4) is 0 Å². The van der Waals surface area contributed by atoms with Gasteiger partial charge in [0.05, 0.1) is 10.8 Å². The fraction of sp³-hybridized carbons (Fsp3) is 0.591. The number of halogens is 1. The van der Waals surface area contributed by atoms with Crippen LogP contribution in [0.1, 0.15) is 64.8 Å². The molecule has 2 aliphatic rings. The predicted octanol–water partition coefficient (Wildman–Crippen LogP) is 5.08. The SMILES string of the molecule is CCN(C(=O)[C@H](C)Sc1nnc(-c2ccccc2F)n1C1CC1)C1CCCCC1. The molecule has 1 aromatic carbocycles. The van der Waals surface area contributed by atoms with E-state index in [9.17, 15) is 9.18 Å². The summed E-state index contributed by atoms with van der Waals surface area (Å²) in [4.78, 5) is 15.2. The second-order valence-corrected chi connectivity index (χ2v) is 9.37. The van der Waals surface area contributed by atoms with E-state index in [0.29, 0.717) is 28.6 Å². The van der Waals surface area contributed by atoms with E-state index in [1.54, 1.807) is 12.1 Å². The Morgan fingerprint density at radius 3 is 2.59 bits per heavy atom. The van der Waals surface area contributed by atoms with Gasteiger partial charge in [-0.05, 0) is 51.7 Å². The van der Waals surface area contributed by atoms with Crippen molar-refractivity contribution >= 4 is 17.7 Å². The first kappa shape index (κ1) is 20.4. The maximum atomic E-state index is 14.3. The minimum atomic E-state index is -0.295. The highest BCUT2D eigenvalue weighted by Gasteiger charge is 2.34. The second-order valence-electron chi connectivity index (χ2n) is 8.06. The zero-order valence-electron chi connectivity index (χ0n) is 17.2. The average Bonchev–Trinajstić information content (AvgIpc) is 3.50. The van der Waals surface area contributed by atoms with Crippen LogP contribution in [0.5, 0.6) is 0 Å². The van der Waals surface area contributed by atoms with Gasteiger partial charge in [-0.3, -0.25) is 9.36 Å². The van der Waals surface area contributed by atoms with Crippen molar-refractivity contribution in [2.24, 2.45) is 0 Å². The molecule has 2 fully saturated rings. The Labute approximate surface area is 176 Å². The molecule has 7 heteroatoms. The molecule has 2 aliphatic carbocycles. The maximum absolute atomic E-state index is 14.3. The van der Waals surface area contributed by atoms with Crippen LogP contribution in [0.2, 0.25) is 0 Å². The third kappa shape index (κ3) is 4.34. The minimum absolute atomic E-state index is 0.169. The van der Waals surface area contributed by atoms with Crippen molar-refractivity contribution in [2.45, 2.75) is 81.3 Å². The van der Waals surface area contributed by atoms with E-state index < -0.39 is 0 Å². The largest absolute Gasteiger partial charge is 0.339 e. The van der Waals surface area contributed by atoms with E-state index in [-0.39, 0.29) is 17.0 Å². The maximum Gasteiger partial charge on any atom is 0.236 e. The number of rotatable bonds is 7. The summed E-state index contributed by atoms with van der Waals surface area (Å²) in [6.07, 6.45) is 7.97. The van der Waals surface area contributed by atoms with Crippen LogP contribution in [-0.2, 0) is 4.79 Å². The van der Waals surface area contributed by atoms with Crippen LogP contribution in [0.15, 0.2) is 29.4 Å². The molecule has 4 rings (SSSR count). The van der Waals surface area contributed by atoms with E-state index in [1.807, 2.05) is 22.5 Å². The van der Waals surface area contributed by atoms with Crippen molar-refractivity contribution in [3.63, 3.8) is 0 Å². The van der Waals surface area contributed by atoms with Gasteiger partial charge < -0.3 is 4.90 Å². The van der Waals surface area contributed by atoms with Crippen molar-refractivity contribution in [1.29, 1.82) is 0 Å². The number of nitrogens with zero attached hydrogens (tertiary/aromatic N) is 4. The monoisotopic (exact) mass is 416 g/mol. The second kappa shape index (κ2) is 8.86. The molecule has 0 bridgehead atoms. The van der Waals surface area contributed by atoms with Crippen molar-refractivity contribution in [3.8, 4) is 11.4 Å². The lowest BCUT2D eigenvalue weighted by molar-refractivity contribution is -0.133. The van der Waals surface area contributed by atoms with Gasteiger partial charge in [-0.1, -0.05) is 43.2 Å². The quantitative estimate of drug-likeness (QED) is 0.591. The third-order valence-electron chi connectivity index (χ3n) is 5.96. The number of thioether (sulfide) groups is 1. The molecule has 0 unspecified atom stereocenters. The molecule has 1 aromatic heterocycles. The molecule has 0 aliphatic heterocycles. The fourth-order valence-electron chi connectivity index (χ4n) is 4.27. The number of aromatic nitrogens is 3. The first-order valence-corrected chi connectivity index (χ1v) is 11.6. The molecular weight excluding hydrogens is 387 g/mol. The average molecular weight is 417 g/mol. The fourth-order valence-corrected chi connectivity index (χ4v) is 5.26. The number of hydrogen-bond acceptors (Lipinski definition) is 4. The molecule has 29 heavy (non-hydrogen) atoms. The van der Waals surface area contributed by atoms with E-state index in [4.69, 9.17) is 0 Å². The Morgan fingerprint density at radius 2 is 1.93 bits per heavy atom. The summed E-state index contributed by atoms with van der Waals surface area (Å²) >= 11 is 1.45. The zero-order valence-corrected chi connectivity index (χ0v) is 18.0. The third-order valence-corrected chi connectivity index (χ3v) is 7.00. The van der Waals surface area contributed by atoms with Gasteiger partial charge in [-0.2, -0.15) is 0 Å². The van der Waals surface area contributed by atoms with Crippen LogP contribution in [0.25, 0.3) is 11.4 Å². The van der Waals surface area contributed by atoms with Crippen molar-refractivity contribution in [3.05, 3.63) is 30.1 Å². The molecule has 156 valence electrons. The molecular formula is C22H29FN4OS. The Bertz CT molecular complexity index is 860. The molecule has 1 amide bonds. The van der Waals surface area contributed by atoms with Crippen molar-refractivity contribution < 1.29 is 9.18 Å². The molecule has 5 nitrogen and oxygen atoms in total. The van der Waals surface area contributed by atoms with Gasteiger partial charge in [0.1, 0.15) is 5.82 Å². The summed E-state index contributed by atoms with van der Waals surface area (Å²) in [6.45, 7) is 4.75. The Kier molecular flexibility index (Phi) is 6.23. The summed E-state index contributed by atoms with van der Waals surface area (Å²) in [5.41, 5.74) is 0.468. The summed E-state index contributed by atoms with van der Waals surface area (Å²) in [7, 11) is 0. The molecule has 0 saturated heterocycles. The summed E-state index contributed by atoms with van der Waals surface area (Å²) in [6, 6.07) is 7.33. The highest BCUT2D eigenvalue weighted by Crippen LogP contribution is 2.42. The molecule has 0 spiro atoms. The lowest BCUT2D eigenvalue weighted by Gasteiger charge is -2.35. The minimum Gasteiger partial charge on any atom is -0.339 e. The van der Waals surface area contributed by atoms with E-state index in [1.165, 1.54) is 37.1 Å². The van der Waals surface area contributed by atoms with Gasteiger partial charge in [-0.25, -0.2) is 4.39 Å². The number of amides is 1. The number of carbonyl (C=O) groups is 1. The Hall–Kier alpha value is -1.89. The van der Waals surface area contributed by atoms with Crippen LogP contribution < -0.4 is 0 Å². The summed E-state index contributed by atoms with van der Waals surface area (Å²) in [5.74, 6) is 0.437. The Morgan fingerprint density at radius 1 is 1.21 bits per heavy atom. The van der Waals surface area contributed by atoms with Gasteiger partial charge in [-0.15, -0.1) is 10.2 Å². The first-order valence-electron chi connectivity index (χ1n) is 10.8. The molecule has 2 saturated carbocycles. The highest BCUT2D eigenvalue weighted by atomic mass is 32.2. The molecule has 1 atom stereocenters. The molecule has 0 radical (unpaired) electrons. The lowest BCUT2D eigenvalue weighted by Crippen LogP contribution is -2.44. The van der Waals surface area contributed by atoms with Crippen LogP contribution >= 0.6 is 11.8 Å². The predicted molar refractivity (Wildman–Crippen MR) is 113 cm³/mol. The highest BCUT2D eigenvalue weighted by molar-refractivity contribution is 8.00. The zero-order chi connectivity index (χ0) is 20.4. The van der Waals surface area contributed by atoms with E-state index >= 15 is 0 Å². The molecule has 0 N–H and O–H groups in total. The van der Waals surface area contributed by atoms with Crippen LogP contribution in [0.4, 0.5) is 4.39 Å². The van der Waals surface area contributed by atoms with Gasteiger partial charge in [0, 0.05) is 18.6 Å².